The Bertz CT molecular complexity index is 904. The third-order valence-electron chi connectivity index (χ3n) is 4.22. The fourth-order valence-corrected chi connectivity index (χ4v) is 3.52. The SMILES string of the molecule is CN=C(NCCc1ccccc1OC)NCc1cccc(CS(=O)(=O)NC)c1.I. The van der Waals surface area contributed by atoms with Crippen LogP contribution in [-0.4, -0.2) is 42.1 Å². The molecule has 2 rings (SSSR count). The Morgan fingerprint density at radius 3 is 2.48 bits per heavy atom. The molecule has 3 N–H and O–H groups in total. The molecule has 0 aliphatic heterocycles. The number of nitrogens with zero attached hydrogens (tertiary/aromatic N) is 1. The second-order valence-corrected chi connectivity index (χ2v) is 8.12. The van der Waals surface area contributed by atoms with Crippen molar-refractivity contribution >= 4 is 40.0 Å². The van der Waals surface area contributed by atoms with Crippen molar-refractivity contribution in [3.8, 4) is 5.75 Å². The minimum Gasteiger partial charge on any atom is -0.496 e. The van der Waals surface area contributed by atoms with Crippen molar-refractivity contribution in [1.29, 1.82) is 0 Å². The summed E-state index contributed by atoms with van der Waals surface area (Å²) in [6, 6.07) is 15.4. The molecule has 0 fully saturated rings. The van der Waals surface area contributed by atoms with E-state index >= 15 is 0 Å². The number of halogens is 1. The monoisotopic (exact) mass is 532 g/mol. The van der Waals surface area contributed by atoms with Gasteiger partial charge in [-0.1, -0.05) is 42.5 Å². The van der Waals surface area contributed by atoms with Gasteiger partial charge in [0.25, 0.3) is 0 Å². The van der Waals surface area contributed by atoms with Crippen molar-refractivity contribution in [2.75, 3.05) is 27.7 Å². The van der Waals surface area contributed by atoms with Gasteiger partial charge in [-0.25, -0.2) is 13.1 Å². The topological polar surface area (TPSA) is 91.8 Å². The van der Waals surface area contributed by atoms with Crippen molar-refractivity contribution in [2.45, 2.75) is 18.7 Å². The molecule has 0 saturated heterocycles. The number of ether oxygens (including phenoxy) is 1. The molecule has 0 saturated carbocycles. The normalized spacial score (nSPS) is 11.5. The highest BCUT2D eigenvalue weighted by Gasteiger charge is 2.09. The molecule has 160 valence electrons. The summed E-state index contributed by atoms with van der Waals surface area (Å²) >= 11 is 0. The highest BCUT2D eigenvalue weighted by molar-refractivity contribution is 14.0. The fourth-order valence-electron chi connectivity index (χ4n) is 2.75. The third-order valence-corrected chi connectivity index (χ3v) is 5.56. The molecule has 0 amide bonds. The van der Waals surface area contributed by atoms with Crippen LogP contribution < -0.4 is 20.1 Å². The zero-order chi connectivity index (χ0) is 20.4. The Morgan fingerprint density at radius 2 is 1.79 bits per heavy atom. The Kier molecular flexibility index (Phi) is 11.0. The van der Waals surface area contributed by atoms with Crippen LogP contribution in [0.5, 0.6) is 5.75 Å². The second-order valence-electron chi connectivity index (χ2n) is 6.20. The van der Waals surface area contributed by atoms with E-state index < -0.39 is 10.0 Å². The Morgan fingerprint density at radius 1 is 1.07 bits per heavy atom. The number of guanidine groups is 1. The summed E-state index contributed by atoms with van der Waals surface area (Å²) in [5.41, 5.74) is 2.86. The summed E-state index contributed by atoms with van der Waals surface area (Å²) in [6.07, 6.45) is 0.808. The maximum atomic E-state index is 11.7. The zero-order valence-corrected chi connectivity index (χ0v) is 20.1. The van der Waals surface area contributed by atoms with Crippen LogP contribution in [0, 0.1) is 0 Å². The predicted molar refractivity (Wildman–Crippen MR) is 128 cm³/mol. The predicted octanol–water partition coefficient (Wildman–Crippen LogP) is 2.27. The number of rotatable bonds is 9. The van der Waals surface area contributed by atoms with Gasteiger partial charge in [0, 0.05) is 20.1 Å². The van der Waals surface area contributed by atoms with Gasteiger partial charge in [-0.15, -0.1) is 24.0 Å². The minimum atomic E-state index is -3.29. The van der Waals surface area contributed by atoms with Gasteiger partial charge in [-0.3, -0.25) is 4.99 Å². The number of sulfonamides is 1. The summed E-state index contributed by atoms with van der Waals surface area (Å²) in [5, 5.41) is 6.53. The van der Waals surface area contributed by atoms with Crippen LogP contribution in [0.1, 0.15) is 16.7 Å². The third kappa shape index (κ3) is 8.58. The van der Waals surface area contributed by atoms with Gasteiger partial charge in [0.2, 0.25) is 10.0 Å². The molecule has 0 heterocycles. The molecule has 2 aromatic carbocycles. The summed E-state index contributed by atoms with van der Waals surface area (Å²) in [4.78, 5) is 4.23. The number of nitrogens with one attached hydrogen (secondary N) is 3. The molecular formula is C20H29IN4O3S. The number of methoxy groups -OCH3 is 1. The molecule has 7 nitrogen and oxygen atoms in total. The fraction of sp³-hybridized carbons (Fsp3) is 0.350. The Hall–Kier alpha value is -1.85. The van der Waals surface area contributed by atoms with E-state index in [1.165, 1.54) is 7.05 Å². The Balaban J connectivity index is 0.00000420. The summed E-state index contributed by atoms with van der Waals surface area (Å²) in [6.45, 7) is 1.25. The molecule has 0 aliphatic rings. The van der Waals surface area contributed by atoms with Gasteiger partial charge in [0.05, 0.1) is 12.9 Å². The number of hydrogen-bond acceptors (Lipinski definition) is 4. The van der Waals surface area contributed by atoms with E-state index in [0.717, 1.165) is 28.9 Å². The summed E-state index contributed by atoms with van der Waals surface area (Å²) < 4.78 is 31.1. The van der Waals surface area contributed by atoms with E-state index in [-0.39, 0.29) is 29.7 Å². The van der Waals surface area contributed by atoms with Crippen LogP contribution in [-0.2, 0) is 28.7 Å². The number of para-hydroxylation sites is 1. The molecule has 0 aromatic heterocycles. The molecule has 0 unspecified atom stereocenters. The lowest BCUT2D eigenvalue weighted by Crippen LogP contribution is -2.37. The van der Waals surface area contributed by atoms with Crippen molar-refractivity contribution < 1.29 is 13.2 Å². The van der Waals surface area contributed by atoms with Crippen molar-refractivity contribution in [1.82, 2.24) is 15.4 Å². The first-order valence-electron chi connectivity index (χ1n) is 9.03. The van der Waals surface area contributed by atoms with Gasteiger partial charge < -0.3 is 15.4 Å². The van der Waals surface area contributed by atoms with Crippen molar-refractivity contribution in [2.24, 2.45) is 4.99 Å². The first-order valence-corrected chi connectivity index (χ1v) is 10.7. The zero-order valence-electron chi connectivity index (χ0n) is 16.9. The van der Waals surface area contributed by atoms with Crippen LogP contribution >= 0.6 is 24.0 Å². The Labute approximate surface area is 190 Å². The number of aliphatic imine (C=N–C) groups is 1. The van der Waals surface area contributed by atoms with Gasteiger partial charge in [0.1, 0.15) is 5.75 Å². The van der Waals surface area contributed by atoms with E-state index in [1.54, 1.807) is 20.2 Å². The van der Waals surface area contributed by atoms with Gasteiger partial charge in [0.15, 0.2) is 5.96 Å². The maximum absolute atomic E-state index is 11.7. The van der Waals surface area contributed by atoms with Crippen molar-refractivity contribution in [3.05, 3.63) is 65.2 Å². The van der Waals surface area contributed by atoms with Crippen LogP contribution in [0.25, 0.3) is 0 Å². The lowest BCUT2D eigenvalue weighted by Gasteiger charge is -2.13. The van der Waals surface area contributed by atoms with Crippen molar-refractivity contribution in [3.63, 3.8) is 0 Å². The van der Waals surface area contributed by atoms with Crippen LogP contribution in [0.15, 0.2) is 53.5 Å². The second kappa shape index (κ2) is 12.7. The van der Waals surface area contributed by atoms with Gasteiger partial charge in [-0.2, -0.15) is 0 Å². The largest absolute Gasteiger partial charge is 0.496 e. The average Bonchev–Trinajstić information content (AvgIpc) is 2.70. The molecule has 0 atom stereocenters. The first kappa shape index (κ1) is 25.2. The molecule has 0 aliphatic carbocycles. The van der Waals surface area contributed by atoms with E-state index in [4.69, 9.17) is 4.74 Å². The van der Waals surface area contributed by atoms with E-state index in [2.05, 4.69) is 20.3 Å². The molecule has 0 bridgehead atoms. The average molecular weight is 532 g/mol. The highest BCUT2D eigenvalue weighted by Crippen LogP contribution is 2.17. The molecule has 0 spiro atoms. The number of benzene rings is 2. The van der Waals surface area contributed by atoms with E-state index in [0.29, 0.717) is 19.0 Å². The van der Waals surface area contributed by atoms with Gasteiger partial charge in [-0.05, 0) is 36.2 Å². The van der Waals surface area contributed by atoms with E-state index in [1.807, 2.05) is 42.5 Å². The highest BCUT2D eigenvalue weighted by atomic mass is 127. The lowest BCUT2D eigenvalue weighted by molar-refractivity contribution is 0.409. The standard InChI is InChI=1S/C20H28N4O3S.HI/c1-21-20(23-12-11-18-9-4-5-10-19(18)27-3)24-14-16-7-6-8-17(13-16)15-28(25,26)22-2;/h4-10,13,22H,11-12,14-15H2,1-3H3,(H2,21,23,24);1H. The van der Waals surface area contributed by atoms with Crippen LogP contribution in [0.4, 0.5) is 0 Å². The summed E-state index contributed by atoms with van der Waals surface area (Å²) in [5.74, 6) is 1.52. The first-order chi connectivity index (χ1) is 13.5. The lowest BCUT2D eigenvalue weighted by atomic mass is 10.1. The minimum absolute atomic E-state index is 0. The maximum Gasteiger partial charge on any atom is 0.215 e. The molecule has 2 aromatic rings. The molecular weight excluding hydrogens is 503 g/mol. The molecule has 9 heteroatoms. The summed E-state index contributed by atoms with van der Waals surface area (Å²) in [7, 11) is 1.52. The molecule has 29 heavy (non-hydrogen) atoms. The smallest absolute Gasteiger partial charge is 0.215 e. The number of hydrogen-bond donors (Lipinski definition) is 3. The quantitative estimate of drug-likeness (QED) is 0.262. The van der Waals surface area contributed by atoms with Crippen LogP contribution in [0.2, 0.25) is 0 Å². The molecule has 0 radical (unpaired) electrons. The van der Waals surface area contributed by atoms with Crippen LogP contribution in [0.3, 0.4) is 0 Å². The van der Waals surface area contributed by atoms with Gasteiger partial charge >= 0.3 is 0 Å². The van der Waals surface area contributed by atoms with E-state index in [9.17, 15) is 8.42 Å².